The van der Waals surface area contributed by atoms with Gasteiger partial charge < -0.3 is 0 Å². The maximum absolute atomic E-state index is 5.38. The van der Waals surface area contributed by atoms with Gasteiger partial charge in [0.15, 0.2) is 0 Å². The Balaban J connectivity index is 2.83. The van der Waals surface area contributed by atoms with E-state index in [0.29, 0.717) is 0 Å². The quantitative estimate of drug-likeness (QED) is 0.576. The Morgan fingerprint density at radius 1 is 1.50 bits per heavy atom. The number of benzene rings is 1. The first kappa shape index (κ1) is 5.83. The number of hydrogen-bond acceptors (Lipinski definition) is 1. The standard InChI is InChI=1S/C6H6NSe/c7-8-6-4-2-1-3-5-6/h1-4H,7H2. The number of nitrogens with two attached hydrogens (primary N) is 1. The first-order valence-electron chi connectivity index (χ1n) is 2.27. The van der Waals surface area contributed by atoms with E-state index in [1.165, 1.54) is 0 Å². The zero-order valence-electron chi connectivity index (χ0n) is 4.29. The zero-order valence-corrected chi connectivity index (χ0v) is 6.01. The molecule has 0 bridgehead atoms. The van der Waals surface area contributed by atoms with Crippen molar-refractivity contribution in [1.29, 1.82) is 0 Å². The van der Waals surface area contributed by atoms with E-state index in [2.05, 4.69) is 6.07 Å². The molecule has 0 aromatic heterocycles. The van der Waals surface area contributed by atoms with E-state index in [1.54, 1.807) is 0 Å². The van der Waals surface area contributed by atoms with Gasteiger partial charge in [-0.2, -0.15) is 0 Å². The topological polar surface area (TPSA) is 26.0 Å². The molecule has 0 unspecified atom stereocenters. The van der Waals surface area contributed by atoms with Gasteiger partial charge in [-0.05, 0) is 0 Å². The second-order valence-corrected chi connectivity index (χ2v) is 2.76. The Kier molecular flexibility index (Phi) is 2.10. The van der Waals surface area contributed by atoms with Crippen molar-refractivity contribution in [2.45, 2.75) is 0 Å². The summed E-state index contributed by atoms with van der Waals surface area (Å²) >= 11 is 0.112. The van der Waals surface area contributed by atoms with E-state index >= 15 is 0 Å². The van der Waals surface area contributed by atoms with Crippen LogP contribution in [0.2, 0.25) is 0 Å². The number of hydrogen-bond donors (Lipinski definition) is 1. The van der Waals surface area contributed by atoms with Gasteiger partial charge in [0.2, 0.25) is 0 Å². The fourth-order valence-corrected chi connectivity index (χ4v) is 1.07. The maximum atomic E-state index is 5.38. The third-order valence-corrected chi connectivity index (χ3v) is 1.87. The molecule has 0 aliphatic carbocycles. The number of rotatable bonds is 1. The summed E-state index contributed by atoms with van der Waals surface area (Å²) in [4.78, 5) is 0. The molecule has 0 atom stereocenters. The van der Waals surface area contributed by atoms with Gasteiger partial charge in [-0.3, -0.25) is 0 Å². The molecule has 0 saturated heterocycles. The summed E-state index contributed by atoms with van der Waals surface area (Å²) in [5.74, 6) is 0. The minimum absolute atomic E-state index is 0.112. The van der Waals surface area contributed by atoms with E-state index < -0.39 is 0 Å². The fraction of sp³-hybridized carbons (Fsp3) is 0. The minimum atomic E-state index is 0.112. The van der Waals surface area contributed by atoms with Gasteiger partial charge in [0.25, 0.3) is 0 Å². The molecule has 0 fully saturated rings. The van der Waals surface area contributed by atoms with Crippen molar-refractivity contribution in [2.24, 2.45) is 4.75 Å². The van der Waals surface area contributed by atoms with Crippen LogP contribution in [0.5, 0.6) is 0 Å². The second-order valence-electron chi connectivity index (χ2n) is 1.34. The van der Waals surface area contributed by atoms with E-state index in [9.17, 15) is 0 Å². The van der Waals surface area contributed by atoms with Crippen molar-refractivity contribution in [3.63, 3.8) is 0 Å². The Morgan fingerprint density at radius 3 is 2.75 bits per heavy atom. The summed E-state index contributed by atoms with van der Waals surface area (Å²) in [6.07, 6.45) is 0. The molecule has 1 radical (unpaired) electrons. The molecule has 1 aromatic rings. The third-order valence-electron chi connectivity index (χ3n) is 0.807. The Bertz CT molecular complexity index is 150. The molecule has 8 heavy (non-hydrogen) atoms. The van der Waals surface area contributed by atoms with Crippen molar-refractivity contribution in [2.75, 3.05) is 0 Å². The first-order chi connectivity index (χ1) is 3.93. The van der Waals surface area contributed by atoms with Crippen molar-refractivity contribution in [1.82, 2.24) is 0 Å². The summed E-state index contributed by atoms with van der Waals surface area (Å²) in [6, 6.07) is 10.8. The summed E-state index contributed by atoms with van der Waals surface area (Å²) in [7, 11) is 0. The van der Waals surface area contributed by atoms with Gasteiger partial charge in [0.05, 0.1) is 0 Å². The molecule has 0 aliphatic heterocycles. The van der Waals surface area contributed by atoms with Gasteiger partial charge >= 0.3 is 54.7 Å². The van der Waals surface area contributed by atoms with Crippen molar-refractivity contribution >= 4 is 19.6 Å². The van der Waals surface area contributed by atoms with Crippen LogP contribution in [-0.2, 0) is 0 Å². The molecule has 0 heterocycles. The summed E-state index contributed by atoms with van der Waals surface area (Å²) in [5, 5.41) is 0. The molecular formula is C6H6NSe. The predicted octanol–water partition coefficient (Wildman–Crippen LogP) is -0.310. The van der Waals surface area contributed by atoms with E-state index in [4.69, 9.17) is 4.75 Å². The van der Waals surface area contributed by atoms with Gasteiger partial charge in [-0.25, -0.2) is 0 Å². The van der Waals surface area contributed by atoms with Crippen LogP contribution in [0.3, 0.4) is 0 Å². The molecule has 0 amide bonds. The van der Waals surface area contributed by atoms with Crippen LogP contribution in [0.4, 0.5) is 0 Å². The molecule has 2 N–H and O–H groups in total. The van der Waals surface area contributed by atoms with Crippen LogP contribution in [0.1, 0.15) is 0 Å². The molecule has 41 valence electrons. The van der Waals surface area contributed by atoms with Crippen LogP contribution >= 0.6 is 0 Å². The molecule has 0 aliphatic rings. The SMILES string of the molecule is N[Se]c1[c]cccc1. The van der Waals surface area contributed by atoms with Crippen LogP contribution in [0, 0.1) is 6.07 Å². The summed E-state index contributed by atoms with van der Waals surface area (Å²) in [6.45, 7) is 0. The van der Waals surface area contributed by atoms with E-state index in [-0.39, 0.29) is 15.2 Å². The normalized spacial score (nSPS) is 9.12. The van der Waals surface area contributed by atoms with Crippen molar-refractivity contribution in [3.8, 4) is 0 Å². The van der Waals surface area contributed by atoms with Crippen LogP contribution in [0.25, 0.3) is 0 Å². The first-order valence-corrected chi connectivity index (χ1v) is 4.11. The van der Waals surface area contributed by atoms with E-state index in [0.717, 1.165) is 4.46 Å². The van der Waals surface area contributed by atoms with Crippen molar-refractivity contribution in [3.05, 3.63) is 30.3 Å². The average Bonchev–Trinajstić information content (AvgIpc) is 1.90. The predicted molar refractivity (Wildman–Crippen MR) is 34.9 cm³/mol. The Morgan fingerprint density at radius 2 is 2.38 bits per heavy atom. The van der Waals surface area contributed by atoms with Gasteiger partial charge in [-0.1, -0.05) is 0 Å². The summed E-state index contributed by atoms with van der Waals surface area (Å²) in [5.41, 5.74) is 0. The molecule has 0 saturated carbocycles. The fourth-order valence-electron chi connectivity index (χ4n) is 0.450. The molecule has 0 spiro atoms. The third kappa shape index (κ3) is 1.34. The van der Waals surface area contributed by atoms with Crippen LogP contribution in [0.15, 0.2) is 24.3 Å². The average molecular weight is 171 g/mol. The molecular weight excluding hydrogens is 165 g/mol. The zero-order chi connectivity index (χ0) is 5.82. The summed E-state index contributed by atoms with van der Waals surface area (Å²) < 4.78 is 6.51. The van der Waals surface area contributed by atoms with Crippen LogP contribution in [-0.4, -0.2) is 15.2 Å². The molecule has 1 rings (SSSR count). The second kappa shape index (κ2) is 2.88. The molecule has 1 nitrogen and oxygen atoms in total. The molecule has 1 aromatic carbocycles. The molecule has 2 heteroatoms. The van der Waals surface area contributed by atoms with Gasteiger partial charge in [0.1, 0.15) is 0 Å². The van der Waals surface area contributed by atoms with Crippen molar-refractivity contribution < 1.29 is 0 Å². The Labute approximate surface area is 55.3 Å². The van der Waals surface area contributed by atoms with Crippen LogP contribution < -0.4 is 9.21 Å². The van der Waals surface area contributed by atoms with E-state index in [1.807, 2.05) is 24.3 Å². The monoisotopic (exact) mass is 172 g/mol. The van der Waals surface area contributed by atoms with Gasteiger partial charge in [0, 0.05) is 0 Å². The Hall–Kier alpha value is -0.301. The van der Waals surface area contributed by atoms with Gasteiger partial charge in [-0.15, -0.1) is 0 Å².